The molecule has 2 nitrogen and oxygen atoms in total. The Morgan fingerprint density at radius 3 is 3.08 bits per heavy atom. The zero-order valence-corrected chi connectivity index (χ0v) is 8.26. The van der Waals surface area contributed by atoms with Gasteiger partial charge < -0.3 is 4.52 Å². The molecule has 0 aliphatic rings. The summed E-state index contributed by atoms with van der Waals surface area (Å²) in [5.41, 5.74) is 2.11. The van der Waals surface area contributed by atoms with Gasteiger partial charge in [-0.2, -0.15) is 0 Å². The summed E-state index contributed by atoms with van der Waals surface area (Å²) in [6.07, 6.45) is 2.77. The van der Waals surface area contributed by atoms with Crippen LogP contribution in [0.5, 0.6) is 0 Å². The minimum absolute atomic E-state index is 0.842. The van der Waals surface area contributed by atoms with Gasteiger partial charge in [0.15, 0.2) is 5.58 Å². The molecule has 0 N–H and O–H groups in total. The number of fused-ring (bicyclic) bond motifs is 1. The van der Waals surface area contributed by atoms with Crippen LogP contribution >= 0.6 is 15.9 Å². The van der Waals surface area contributed by atoms with E-state index in [0.717, 1.165) is 21.9 Å². The third-order valence-electron chi connectivity index (χ3n) is 1.95. The summed E-state index contributed by atoms with van der Waals surface area (Å²) in [7, 11) is 0. The van der Waals surface area contributed by atoms with Crippen molar-refractivity contribution >= 4 is 26.9 Å². The van der Waals surface area contributed by atoms with E-state index in [1.807, 2.05) is 6.07 Å². The molecule has 2 aromatic rings. The van der Waals surface area contributed by atoms with Crippen molar-refractivity contribution in [3.63, 3.8) is 0 Å². The summed E-state index contributed by atoms with van der Waals surface area (Å²) >= 11 is 3.41. The van der Waals surface area contributed by atoms with Gasteiger partial charge in [0, 0.05) is 5.39 Å². The van der Waals surface area contributed by atoms with Gasteiger partial charge >= 0.3 is 0 Å². The Morgan fingerprint density at radius 1 is 1.50 bits per heavy atom. The molecule has 0 unspecified atom stereocenters. The van der Waals surface area contributed by atoms with Crippen molar-refractivity contribution in [2.45, 2.75) is 13.3 Å². The summed E-state index contributed by atoms with van der Waals surface area (Å²) in [4.78, 5) is 0. The molecule has 0 spiro atoms. The number of hydrogen-bond donors (Lipinski definition) is 0. The van der Waals surface area contributed by atoms with Crippen LogP contribution < -0.4 is 0 Å². The number of aryl methyl sites for hydroxylation is 1. The molecule has 0 fully saturated rings. The third kappa shape index (κ3) is 1.05. The number of hydrogen-bond acceptors (Lipinski definition) is 2. The molecule has 0 aliphatic carbocycles. The van der Waals surface area contributed by atoms with Gasteiger partial charge in [-0.25, -0.2) is 0 Å². The Labute approximate surface area is 78.7 Å². The van der Waals surface area contributed by atoms with Crippen molar-refractivity contribution < 1.29 is 4.52 Å². The lowest BCUT2D eigenvalue weighted by Crippen LogP contribution is -1.80. The molecule has 0 radical (unpaired) electrons. The van der Waals surface area contributed by atoms with Gasteiger partial charge in [0.25, 0.3) is 0 Å². The molecular weight excluding hydrogens is 218 g/mol. The first-order chi connectivity index (χ1) is 5.83. The highest BCUT2D eigenvalue weighted by atomic mass is 79.9. The molecule has 0 saturated carbocycles. The molecule has 0 amide bonds. The molecule has 0 bridgehead atoms. The number of benzene rings is 1. The smallest absolute Gasteiger partial charge is 0.181 e. The van der Waals surface area contributed by atoms with Crippen LogP contribution in [-0.2, 0) is 6.42 Å². The zero-order valence-electron chi connectivity index (χ0n) is 6.67. The van der Waals surface area contributed by atoms with Gasteiger partial charge in [0.2, 0.25) is 0 Å². The fourth-order valence-electron chi connectivity index (χ4n) is 1.29. The molecule has 1 aromatic heterocycles. The predicted octanol–water partition coefficient (Wildman–Crippen LogP) is 3.15. The molecular formula is C9H8BrNO. The van der Waals surface area contributed by atoms with Gasteiger partial charge in [-0.3, -0.25) is 0 Å². The van der Waals surface area contributed by atoms with E-state index >= 15 is 0 Å². The number of rotatable bonds is 1. The molecule has 1 aromatic carbocycles. The average Bonchev–Trinajstić information content (AvgIpc) is 2.54. The summed E-state index contributed by atoms with van der Waals surface area (Å²) in [5.74, 6) is 0. The molecule has 0 saturated heterocycles. The molecule has 2 rings (SSSR count). The Kier molecular flexibility index (Phi) is 1.89. The van der Waals surface area contributed by atoms with E-state index < -0.39 is 0 Å². The van der Waals surface area contributed by atoms with Crippen molar-refractivity contribution in [1.82, 2.24) is 5.16 Å². The number of aromatic nitrogens is 1. The quantitative estimate of drug-likeness (QED) is 0.746. The van der Waals surface area contributed by atoms with Gasteiger partial charge in [-0.1, -0.05) is 18.1 Å². The fourth-order valence-corrected chi connectivity index (χ4v) is 1.71. The van der Waals surface area contributed by atoms with Gasteiger partial charge in [0.05, 0.1) is 10.7 Å². The highest BCUT2D eigenvalue weighted by Gasteiger charge is 2.06. The lowest BCUT2D eigenvalue weighted by molar-refractivity contribution is 0.455. The molecule has 62 valence electrons. The standard InChI is InChI=1S/C9H8BrNO/c1-2-6-3-4-8(10)9-7(6)5-11-12-9/h3-5H,2H2,1H3. The summed E-state index contributed by atoms with van der Waals surface area (Å²) < 4.78 is 6.06. The first-order valence-corrected chi connectivity index (χ1v) is 4.64. The van der Waals surface area contributed by atoms with Gasteiger partial charge in [0.1, 0.15) is 0 Å². The number of nitrogens with zero attached hydrogens (tertiary/aromatic N) is 1. The van der Waals surface area contributed by atoms with E-state index in [4.69, 9.17) is 4.52 Å². The van der Waals surface area contributed by atoms with Crippen LogP contribution in [0.4, 0.5) is 0 Å². The minimum Gasteiger partial charge on any atom is -0.355 e. The molecule has 0 atom stereocenters. The monoisotopic (exact) mass is 225 g/mol. The van der Waals surface area contributed by atoms with E-state index in [1.165, 1.54) is 5.56 Å². The molecule has 0 aliphatic heterocycles. The fraction of sp³-hybridized carbons (Fsp3) is 0.222. The van der Waals surface area contributed by atoms with E-state index in [1.54, 1.807) is 6.20 Å². The normalized spacial score (nSPS) is 10.8. The highest BCUT2D eigenvalue weighted by molar-refractivity contribution is 9.10. The maximum Gasteiger partial charge on any atom is 0.181 e. The van der Waals surface area contributed by atoms with Crippen molar-refractivity contribution in [3.05, 3.63) is 28.4 Å². The van der Waals surface area contributed by atoms with E-state index in [-0.39, 0.29) is 0 Å². The van der Waals surface area contributed by atoms with Crippen LogP contribution in [0.1, 0.15) is 12.5 Å². The second kappa shape index (κ2) is 2.90. The van der Waals surface area contributed by atoms with Crippen molar-refractivity contribution in [2.24, 2.45) is 0 Å². The van der Waals surface area contributed by atoms with Crippen LogP contribution in [0, 0.1) is 0 Å². The van der Waals surface area contributed by atoms with Crippen molar-refractivity contribution in [2.75, 3.05) is 0 Å². The lowest BCUT2D eigenvalue weighted by atomic mass is 10.1. The van der Waals surface area contributed by atoms with Crippen LogP contribution in [-0.4, -0.2) is 5.16 Å². The zero-order chi connectivity index (χ0) is 8.55. The van der Waals surface area contributed by atoms with Crippen LogP contribution in [0.15, 0.2) is 27.3 Å². The van der Waals surface area contributed by atoms with Crippen molar-refractivity contribution in [1.29, 1.82) is 0 Å². The van der Waals surface area contributed by atoms with Gasteiger partial charge in [-0.05, 0) is 34.0 Å². The Bertz CT molecular complexity index is 408. The molecule has 12 heavy (non-hydrogen) atoms. The molecule has 3 heteroatoms. The Balaban J connectivity index is 2.82. The summed E-state index contributed by atoms with van der Waals surface area (Å²) in [6.45, 7) is 2.12. The first-order valence-electron chi connectivity index (χ1n) is 3.84. The second-order valence-corrected chi connectivity index (χ2v) is 3.48. The van der Waals surface area contributed by atoms with Crippen LogP contribution in [0.2, 0.25) is 0 Å². The summed E-state index contributed by atoms with van der Waals surface area (Å²) in [6, 6.07) is 4.08. The lowest BCUT2D eigenvalue weighted by Gasteiger charge is -1.97. The Hall–Kier alpha value is -0.830. The van der Waals surface area contributed by atoms with E-state index in [9.17, 15) is 0 Å². The first kappa shape index (κ1) is 7.80. The van der Waals surface area contributed by atoms with Crippen molar-refractivity contribution in [3.8, 4) is 0 Å². The predicted molar refractivity (Wildman–Crippen MR) is 51.1 cm³/mol. The Morgan fingerprint density at radius 2 is 2.33 bits per heavy atom. The van der Waals surface area contributed by atoms with Crippen LogP contribution in [0.3, 0.4) is 0 Å². The topological polar surface area (TPSA) is 26.0 Å². The van der Waals surface area contributed by atoms with E-state index in [0.29, 0.717) is 0 Å². The third-order valence-corrected chi connectivity index (χ3v) is 2.57. The minimum atomic E-state index is 0.842. The van der Waals surface area contributed by atoms with Gasteiger partial charge in [-0.15, -0.1) is 0 Å². The largest absolute Gasteiger partial charge is 0.355 e. The average molecular weight is 226 g/mol. The van der Waals surface area contributed by atoms with Crippen LogP contribution in [0.25, 0.3) is 11.0 Å². The second-order valence-electron chi connectivity index (χ2n) is 2.63. The maximum absolute atomic E-state index is 5.09. The number of halogens is 1. The molecule has 1 heterocycles. The summed E-state index contributed by atoms with van der Waals surface area (Å²) in [5, 5.41) is 4.87. The highest BCUT2D eigenvalue weighted by Crippen LogP contribution is 2.26. The SMILES string of the molecule is CCc1ccc(Br)c2oncc12. The van der Waals surface area contributed by atoms with E-state index in [2.05, 4.69) is 34.1 Å². The maximum atomic E-state index is 5.09.